The fourth-order valence-electron chi connectivity index (χ4n) is 3.81. The number of nitrogens with zero attached hydrogens (tertiary/aromatic N) is 2. The van der Waals surface area contributed by atoms with E-state index in [0.717, 1.165) is 24.4 Å². The molecule has 0 bridgehead atoms. The molecule has 0 saturated heterocycles. The number of amides is 1. The Bertz CT molecular complexity index is 1040. The maximum atomic E-state index is 13.0. The molecule has 2 aromatic carbocycles. The second-order valence-electron chi connectivity index (χ2n) is 7.46. The SMILES string of the molecule is CCN(CC)C(CNC(=O)c1ccc(Cl)c(S(=O)(=O)N(CC)CC)c1)c1cccc(OC)c1. The van der Waals surface area contributed by atoms with Gasteiger partial charge in [-0.05, 0) is 49.0 Å². The third-order valence-electron chi connectivity index (χ3n) is 5.70. The van der Waals surface area contributed by atoms with Crippen LogP contribution >= 0.6 is 11.6 Å². The lowest BCUT2D eigenvalue weighted by molar-refractivity contribution is 0.0934. The average Bonchev–Trinajstić information content (AvgIpc) is 2.82. The zero-order valence-electron chi connectivity index (χ0n) is 20.0. The second kappa shape index (κ2) is 12.4. The molecule has 1 N–H and O–H groups in total. The van der Waals surface area contributed by atoms with Crippen LogP contribution in [0.25, 0.3) is 0 Å². The lowest BCUT2D eigenvalue weighted by Gasteiger charge is -2.30. The van der Waals surface area contributed by atoms with Crippen molar-refractivity contribution >= 4 is 27.5 Å². The van der Waals surface area contributed by atoms with Gasteiger partial charge in [0.05, 0.1) is 18.2 Å². The maximum Gasteiger partial charge on any atom is 0.251 e. The highest BCUT2D eigenvalue weighted by molar-refractivity contribution is 7.89. The van der Waals surface area contributed by atoms with Crippen molar-refractivity contribution in [2.75, 3.05) is 39.8 Å². The van der Waals surface area contributed by atoms with Gasteiger partial charge in [-0.3, -0.25) is 9.69 Å². The topological polar surface area (TPSA) is 79.0 Å². The van der Waals surface area contributed by atoms with Crippen molar-refractivity contribution in [1.82, 2.24) is 14.5 Å². The Balaban J connectivity index is 2.30. The molecule has 0 fully saturated rings. The van der Waals surface area contributed by atoms with Crippen molar-refractivity contribution in [3.05, 3.63) is 58.6 Å². The lowest BCUT2D eigenvalue weighted by atomic mass is 10.0. The summed E-state index contributed by atoms with van der Waals surface area (Å²) >= 11 is 6.20. The van der Waals surface area contributed by atoms with E-state index in [0.29, 0.717) is 19.6 Å². The van der Waals surface area contributed by atoms with Crippen LogP contribution in [0.1, 0.15) is 49.7 Å². The predicted molar refractivity (Wildman–Crippen MR) is 133 cm³/mol. The van der Waals surface area contributed by atoms with Gasteiger partial charge in [-0.15, -0.1) is 0 Å². The molecular weight excluding hydrogens is 462 g/mol. The van der Waals surface area contributed by atoms with Crippen LogP contribution in [0, 0.1) is 0 Å². The van der Waals surface area contributed by atoms with Gasteiger partial charge in [0.15, 0.2) is 0 Å². The number of halogens is 1. The number of carbonyl (C=O) groups is 1. The molecule has 0 radical (unpaired) electrons. The third-order valence-corrected chi connectivity index (χ3v) is 8.24. The molecular formula is C24H34ClN3O4S. The van der Waals surface area contributed by atoms with Crippen LogP contribution < -0.4 is 10.1 Å². The molecule has 0 aliphatic rings. The first-order valence-electron chi connectivity index (χ1n) is 11.2. The molecule has 0 saturated carbocycles. The number of methoxy groups -OCH3 is 1. The molecule has 1 amide bonds. The maximum absolute atomic E-state index is 13.0. The number of benzene rings is 2. The van der Waals surface area contributed by atoms with E-state index in [1.165, 1.54) is 22.5 Å². The smallest absolute Gasteiger partial charge is 0.251 e. The molecule has 0 aliphatic heterocycles. The summed E-state index contributed by atoms with van der Waals surface area (Å²) < 4.78 is 32.6. The number of nitrogens with one attached hydrogen (secondary N) is 1. The van der Waals surface area contributed by atoms with Crippen molar-refractivity contribution in [2.24, 2.45) is 0 Å². The molecule has 1 unspecified atom stereocenters. The third kappa shape index (κ3) is 6.47. The fraction of sp³-hybridized carbons (Fsp3) is 0.458. The predicted octanol–water partition coefficient (Wildman–Crippen LogP) is 4.19. The van der Waals surface area contributed by atoms with Crippen molar-refractivity contribution in [3.63, 3.8) is 0 Å². The van der Waals surface area contributed by atoms with Crippen LogP contribution in [0.3, 0.4) is 0 Å². The minimum Gasteiger partial charge on any atom is -0.497 e. The van der Waals surface area contributed by atoms with Gasteiger partial charge < -0.3 is 10.1 Å². The van der Waals surface area contributed by atoms with E-state index in [4.69, 9.17) is 16.3 Å². The average molecular weight is 496 g/mol. The zero-order chi connectivity index (χ0) is 24.6. The standard InChI is InChI=1S/C24H34ClN3O4S/c1-6-27(7-2)22(18-11-10-12-20(15-18)32-5)17-26-24(29)19-13-14-21(25)23(16-19)33(30,31)28(8-3)9-4/h10-16,22H,6-9,17H2,1-5H3,(H,26,29). The summed E-state index contributed by atoms with van der Waals surface area (Å²) in [4.78, 5) is 15.2. The zero-order valence-corrected chi connectivity index (χ0v) is 21.5. The quantitative estimate of drug-likeness (QED) is 0.477. The van der Waals surface area contributed by atoms with Gasteiger partial charge in [0.25, 0.3) is 5.91 Å². The molecule has 0 aliphatic carbocycles. The molecule has 0 spiro atoms. The van der Waals surface area contributed by atoms with E-state index in [1.54, 1.807) is 21.0 Å². The second-order valence-corrected chi connectivity index (χ2v) is 9.77. The first-order chi connectivity index (χ1) is 15.7. The Morgan fingerprint density at radius 2 is 1.70 bits per heavy atom. The molecule has 7 nitrogen and oxygen atoms in total. The summed E-state index contributed by atoms with van der Waals surface area (Å²) in [5.41, 5.74) is 1.27. The molecule has 0 aromatic heterocycles. The highest BCUT2D eigenvalue weighted by atomic mass is 35.5. The van der Waals surface area contributed by atoms with Crippen LogP contribution in [0.15, 0.2) is 47.4 Å². The molecule has 0 heterocycles. The number of hydrogen-bond acceptors (Lipinski definition) is 5. The van der Waals surface area contributed by atoms with E-state index in [-0.39, 0.29) is 27.4 Å². The van der Waals surface area contributed by atoms with Gasteiger partial charge in [0.2, 0.25) is 10.0 Å². The van der Waals surface area contributed by atoms with Gasteiger partial charge >= 0.3 is 0 Å². The van der Waals surface area contributed by atoms with Crippen LogP contribution in [-0.4, -0.2) is 63.4 Å². The van der Waals surface area contributed by atoms with Gasteiger partial charge in [0.1, 0.15) is 10.6 Å². The van der Waals surface area contributed by atoms with E-state index in [1.807, 2.05) is 24.3 Å². The van der Waals surface area contributed by atoms with Crippen molar-refractivity contribution in [1.29, 1.82) is 0 Å². The lowest BCUT2D eigenvalue weighted by Crippen LogP contribution is -2.38. The molecule has 2 rings (SSSR count). The fourth-order valence-corrected chi connectivity index (χ4v) is 5.77. The van der Waals surface area contributed by atoms with Crippen LogP contribution in [0.5, 0.6) is 5.75 Å². The molecule has 33 heavy (non-hydrogen) atoms. The first kappa shape index (κ1) is 27.1. The summed E-state index contributed by atoms with van der Waals surface area (Å²) in [5, 5.41) is 3.06. The number of ether oxygens (including phenoxy) is 1. The molecule has 2 aromatic rings. The van der Waals surface area contributed by atoms with Crippen molar-refractivity contribution in [3.8, 4) is 5.75 Å². The van der Waals surface area contributed by atoms with Crippen LogP contribution in [0.4, 0.5) is 0 Å². The minimum atomic E-state index is -3.79. The summed E-state index contributed by atoms with van der Waals surface area (Å²) in [6.45, 7) is 10.3. The minimum absolute atomic E-state index is 0.0615. The van der Waals surface area contributed by atoms with E-state index >= 15 is 0 Å². The summed E-state index contributed by atoms with van der Waals surface area (Å²) in [6, 6.07) is 12.1. The number of carbonyl (C=O) groups excluding carboxylic acids is 1. The van der Waals surface area contributed by atoms with Gasteiger partial charge in [0, 0.05) is 25.2 Å². The number of rotatable bonds is 12. The van der Waals surface area contributed by atoms with Gasteiger partial charge in [-0.2, -0.15) is 4.31 Å². The number of hydrogen-bond donors (Lipinski definition) is 1. The van der Waals surface area contributed by atoms with Gasteiger partial charge in [-0.1, -0.05) is 51.4 Å². The van der Waals surface area contributed by atoms with E-state index in [2.05, 4.69) is 24.1 Å². The van der Waals surface area contributed by atoms with Crippen LogP contribution in [0.2, 0.25) is 5.02 Å². The molecule has 9 heteroatoms. The number of likely N-dealkylation sites (N-methyl/N-ethyl adjacent to an activating group) is 1. The van der Waals surface area contributed by atoms with Crippen molar-refractivity contribution in [2.45, 2.75) is 38.6 Å². The first-order valence-corrected chi connectivity index (χ1v) is 13.0. The Hall–Kier alpha value is -2.13. The Labute approximate surface area is 202 Å². The largest absolute Gasteiger partial charge is 0.497 e. The summed E-state index contributed by atoms with van der Waals surface area (Å²) in [7, 11) is -2.17. The summed E-state index contributed by atoms with van der Waals surface area (Å²) in [6.07, 6.45) is 0. The summed E-state index contributed by atoms with van der Waals surface area (Å²) in [5.74, 6) is 0.391. The Morgan fingerprint density at radius 1 is 1.03 bits per heavy atom. The highest BCUT2D eigenvalue weighted by Crippen LogP contribution is 2.27. The van der Waals surface area contributed by atoms with Crippen LogP contribution in [-0.2, 0) is 10.0 Å². The van der Waals surface area contributed by atoms with E-state index < -0.39 is 10.0 Å². The molecule has 1 atom stereocenters. The number of sulfonamides is 1. The van der Waals surface area contributed by atoms with Gasteiger partial charge in [-0.25, -0.2) is 8.42 Å². The van der Waals surface area contributed by atoms with E-state index in [9.17, 15) is 13.2 Å². The van der Waals surface area contributed by atoms with Crippen molar-refractivity contribution < 1.29 is 17.9 Å². The normalized spacial score (nSPS) is 12.7. The Kier molecular flexibility index (Phi) is 10.2. The highest BCUT2D eigenvalue weighted by Gasteiger charge is 2.26. The monoisotopic (exact) mass is 495 g/mol. The molecule has 182 valence electrons. The Morgan fingerprint density at radius 3 is 2.27 bits per heavy atom.